The Hall–Kier alpha value is -0.570. The van der Waals surface area contributed by atoms with Gasteiger partial charge in [-0.1, -0.05) is 27.7 Å². The summed E-state index contributed by atoms with van der Waals surface area (Å²) in [5.41, 5.74) is 0.0104. The van der Waals surface area contributed by atoms with Gasteiger partial charge in [0.25, 0.3) is 0 Å². The highest BCUT2D eigenvalue weighted by molar-refractivity contribution is 5.78. The highest BCUT2D eigenvalue weighted by Crippen LogP contribution is 2.35. The molecule has 1 rings (SSSR count). The maximum atomic E-state index is 11.9. The van der Waals surface area contributed by atoms with Crippen molar-refractivity contribution in [1.82, 2.24) is 10.2 Å². The monoisotopic (exact) mass is 256 g/mol. The van der Waals surface area contributed by atoms with Crippen LogP contribution in [0.4, 0.5) is 0 Å². The number of amides is 1. The minimum atomic E-state index is -0.0282. The largest absolute Gasteiger partial charge is 0.352 e. The fraction of sp³-hybridized carbons (Fsp3) is 0.933. The third-order valence-electron chi connectivity index (χ3n) is 4.91. The van der Waals surface area contributed by atoms with Crippen molar-refractivity contribution in [2.75, 3.05) is 7.05 Å². The second-order valence-corrected chi connectivity index (χ2v) is 5.59. The third-order valence-corrected chi connectivity index (χ3v) is 4.91. The molecule has 3 unspecified atom stereocenters. The molecule has 0 bridgehead atoms. The van der Waals surface area contributed by atoms with E-state index in [1.54, 1.807) is 0 Å². The lowest BCUT2D eigenvalue weighted by Crippen LogP contribution is -2.60. The summed E-state index contributed by atoms with van der Waals surface area (Å²) < 4.78 is 0. The maximum absolute atomic E-state index is 11.9. The van der Waals surface area contributed by atoms with Gasteiger partial charge in [-0.15, -0.1) is 0 Å². The molecule has 108 valence electrons. The molecule has 1 fully saturated rings. The predicted octanol–water partition coefficient (Wildman–Crippen LogP) is 3.19. The molecule has 3 atom stereocenters. The van der Waals surface area contributed by atoms with Crippen molar-refractivity contribution in [3.05, 3.63) is 0 Å². The lowest BCUT2D eigenvalue weighted by Gasteiger charge is -2.49. The van der Waals surface area contributed by atoms with E-state index in [2.05, 4.69) is 51.9 Å². The SMILES string of the molecule is CC.CCC1(C)CC(=O)NC(C)C(C)(CC)N1C. The summed E-state index contributed by atoms with van der Waals surface area (Å²) in [6.07, 6.45) is 2.64. The molecule has 0 aromatic carbocycles. The Balaban J connectivity index is 0.00000137. The minimum absolute atomic E-state index is 0.0282. The first-order valence-electron chi connectivity index (χ1n) is 7.33. The highest BCUT2D eigenvalue weighted by Gasteiger charge is 2.46. The molecule has 0 aromatic rings. The molecule has 1 heterocycles. The van der Waals surface area contributed by atoms with Crippen molar-refractivity contribution < 1.29 is 4.79 Å². The highest BCUT2D eigenvalue weighted by atomic mass is 16.1. The Bertz CT molecular complexity index is 280. The summed E-state index contributed by atoms with van der Waals surface area (Å²) in [7, 11) is 2.16. The summed E-state index contributed by atoms with van der Waals surface area (Å²) in [5.74, 6) is 0.181. The van der Waals surface area contributed by atoms with Crippen LogP contribution in [-0.2, 0) is 4.79 Å². The number of rotatable bonds is 2. The first-order valence-corrected chi connectivity index (χ1v) is 7.33. The summed E-state index contributed by atoms with van der Waals surface area (Å²) in [5, 5.41) is 3.12. The van der Waals surface area contributed by atoms with Gasteiger partial charge < -0.3 is 5.32 Å². The summed E-state index contributed by atoms with van der Waals surface area (Å²) in [6.45, 7) is 14.9. The number of hydrogen-bond acceptors (Lipinski definition) is 2. The zero-order chi connectivity index (χ0) is 14.6. The molecule has 18 heavy (non-hydrogen) atoms. The molecule has 0 radical (unpaired) electrons. The van der Waals surface area contributed by atoms with Crippen molar-refractivity contribution in [3.8, 4) is 0 Å². The first-order chi connectivity index (χ1) is 8.30. The second-order valence-electron chi connectivity index (χ2n) is 5.59. The number of nitrogens with one attached hydrogen (secondary N) is 1. The molecule has 1 saturated heterocycles. The fourth-order valence-electron chi connectivity index (χ4n) is 2.73. The van der Waals surface area contributed by atoms with Crippen molar-refractivity contribution in [2.24, 2.45) is 0 Å². The molecule has 1 aliphatic heterocycles. The van der Waals surface area contributed by atoms with Gasteiger partial charge in [0.2, 0.25) is 5.91 Å². The van der Waals surface area contributed by atoms with Gasteiger partial charge >= 0.3 is 0 Å². The number of nitrogens with zero attached hydrogens (tertiary/aromatic N) is 1. The number of hydrogen-bond donors (Lipinski definition) is 1. The van der Waals surface area contributed by atoms with Crippen molar-refractivity contribution >= 4 is 5.91 Å². The lowest BCUT2D eigenvalue weighted by atomic mass is 9.83. The Morgan fingerprint density at radius 3 is 2.17 bits per heavy atom. The van der Waals surface area contributed by atoms with Gasteiger partial charge in [0.1, 0.15) is 0 Å². The van der Waals surface area contributed by atoms with E-state index >= 15 is 0 Å². The quantitative estimate of drug-likeness (QED) is 0.823. The Labute approximate surface area is 113 Å². The molecular weight excluding hydrogens is 224 g/mol. The van der Waals surface area contributed by atoms with Crippen LogP contribution in [0.3, 0.4) is 0 Å². The van der Waals surface area contributed by atoms with Gasteiger partial charge in [-0.05, 0) is 40.7 Å². The Morgan fingerprint density at radius 1 is 1.28 bits per heavy atom. The molecule has 3 nitrogen and oxygen atoms in total. The Kier molecular flexibility index (Phi) is 6.35. The molecule has 0 aromatic heterocycles. The van der Waals surface area contributed by atoms with E-state index < -0.39 is 0 Å². The minimum Gasteiger partial charge on any atom is -0.352 e. The second kappa shape index (κ2) is 6.55. The molecule has 0 aliphatic carbocycles. The standard InChI is InChI=1S/C13H26N2O.C2H6/c1-7-12(4)9-11(16)14-10(3)13(5,8-2)15(12)6;1-2/h10H,7-9H2,1-6H3,(H,14,16);1-2H3. The molecule has 1 N–H and O–H groups in total. The first kappa shape index (κ1) is 17.4. The van der Waals surface area contributed by atoms with Crippen LogP contribution in [0.1, 0.15) is 67.7 Å². The van der Waals surface area contributed by atoms with Gasteiger partial charge in [-0.2, -0.15) is 0 Å². The average Bonchev–Trinajstić information content (AvgIpc) is 2.43. The van der Waals surface area contributed by atoms with E-state index in [-0.39, 0.29) is 23.0 Å². The third kappa shape index (κ3) is 3.05. The van der Waals surface area contributed by atoms with Gasteiger partial charge in [-0.3, -0.25) is 9.69 Å². The number of carbonyl (C=O) groups excluding carboxylic acids is 1. The van der Waals surface area contributed by atoms with E-state index in [0.29, 0.717) is 6.42 Å². The Morgan fingerprint density at radius 2 is 1.78 bits per heavy atom. The van der Waals surface area contributed by atoms with Crippen molar-refractivity contribution in [2.45, 2.75) is 84.8 Å². The van der Waals surface area contributed by atoms with Crippen LogP contribution in [0.2, 0.25) is 0 Å². The topological polar surface area (TPSA) is 32.3 Å². The number of likely N-dealkylation sites (N-methyl/N-ethyl adjacent to an activating group) is 1. The zero-order valence-corrected chi connectivity index (χ0v) is 13.6. The molecule has 3 heteroatoms. The van der Waals surface area contributed by atoms with E-state index in [1.165, 1.54) is 0 Å². The lowest BCUT2D eigenvalue weighted by molar-refractivity contribution is -0.122. The number of carbonyl (C=O) groups is 1. The van der Waals surface area contributed by atoms with E-state index in [4.69, 9.17) is 0 Å². The van der Waals surface area contributed by atoms with Crippen LogP contribution < -0.4 is 5.32 Å². The average molecular weight is 256 g/mol. The zero-order valence-electron chi connectivity index (χ0n) is 13.6. The van der Waals surface area contributed by atoms with Crippen molar-refractivity contribution in [1.29, 1.82) is 0 Å². The van der Waals surface area contributed by atoms with Gasteiger partial charge in [-0.25, -0.2) is 0 Å². The normalized spacial score (nSPS) is 37.3. The molecule has 0 spiro atoms. The summed E-state index contributed by atoms with van der Waals surface area (Å²) >= 11 is 0. The van der Waals surface area contributed by atoms with Crippen LogP contribution >= 0.6 is 0 Å². The molecule has 1 aliphatic rings. The molecule has 1 amide bonds. The summed E-state index contributed by atoms with van der Waals surface area (Å²) in [4.78, 5) is 14.3. The van der Waals surface area contributed by atoms with Crippen LogP contribution in [0.15, 0.2) is 0 Å². The van der Waals surface area contributed by atoms with E-state index in [1.807, 2.05) is 13.8 Å². The van der Waals surface area contributed by atoms with Crippen LogP contribution in [0.25, 0.3) is 0 Å². The maximum Gasteiger partial charge on any atom is 0.222 e. The van der Waals surface area contributed by atoms with Gasteiger partial charge in [0.15, 0.2) is 0 Å². The van der Waals surface area contributed by atoms with Crippen LogP contribution in [-0.4, -0.2) is 35.0 Å². The van der Waals surface area contributed by atoms with Crippen molar-refractivity contribution in [3.63, 3.8) is 0 Å². The van der Waals surface area contributed by atoms with E-state index in [0.717, 1.165) is 12.8 Å². The van der Waals surface area contributed by atoms with Gasteiger partial charge in [0, 0.05) is 23.5 Å². The van der Waals surface area contributed by atoms with Crippen LogP contribution in [0.5, 0.6) is 0 Å². The predicted molar refractivity (Wildman–Crippen MR) is 78.7 cm³/mol. The summed E-state index contributed by atoms with van der Waals surface area (Å²) in [6, 6.07) is 0.198. The fourth-order valence-corrected chi connectivity index (χ4v) is 2.73. The van der Waals surface area contributed by atoms with E-state index in [9.17, 15) is 4.79 Å². The smallest absolute Gasteiger partial charge is 0.222 e. The van der Waals surface area contributed by atoms with Crippen LogP contribution in [0, 0.1) is 0 Å². The molecule has 0 saturated carbocycles. The molecular formula is C15H32N2O. The van der Waals surface area contributed by atoms with Gasteiger partial charge in [0.05, 0.1) is 0 Å².